The van der Waals surface area contributed by atoms with Crippen molar-refractivity contribution in [1.82, 2.24) is 15.5 Å². The van der Waals surface area contributed by atoms with Crippen LogP contribution in [0.2, 0.25) is 0 Å². The van der Waals surface area contributed by atoms with E-state index in [0.717, 1.165) is 27.8 Å². The number of benzene rings is 3. The average Bonchev–Trinajstić information content (AvgIpc) is 3.35. The third-order valence-electron chi connectivity index (χ3n) is 8.58. The van der Waals surface area contributed by atoms with Gasteiger partial charge in [0.05, 0.1) is 6.04 Å². The molecule has 0 aliphatic carbocycles. The van der Waals surface area contributed by atoms with Crippen molar-refractivity contribution in [2.24, 2.45) is 17.4 Å². The molecule has 0 bridgehead atoms. The second-order valence-electron chi connectivity index (χ2n) is 12.1. The van der Waals surface area contributed by atoms with E-state index in [1.165, 1.54) is 0 Å². The molecule has 1 aliphatic rings. The first-order valence-corrected chi connectivity index (χ1v) is 17.2. The number of carbonyl (C=O) groups excluding carboxylic acids is 3. The van der Waals surface area contributed by atoms with Crippen LogP contribution in [0.4, 0.5) is 0 Å². The molecular formula is C37H47N5O3S. The average molecular weight is 642 g/mol. The minimum atomic E-state index is -0.847. The van der Waals surface area contributed by atoms with E-state index in [1.54, 1.807) is 11.8 Å². The van der Waals surface area contributed by atoms with E-state index in [9.17, 15) is 14.4 Å². The van der Waals surface area contributed by atoms with Gasteiger partial charge in [-0.15, -0.1) is 11.8 Å². The van der Waals surface area contributed by atoms with Crippen LogP contribution in [0.5, 0.6) is 0 Å². The number of amides is 3. The molecule has 1 saturated heterocycles. The molecular weight excluding hydrogens is 595 g/mol. The number of nitrogens with zero attached hydrogens (tertiary/aromatic N) is 1. The predicted molar refractivity (Wildman–Crippen MR) is 187 cm³/mol. The van der Waals surface area contributed by atoms with Gasteiger partial charge < -0.3 is 27.0 Å². The van der Waals surface area contributed by atoms with Crippen molar-refractivity contribution in [2.45, 2.75) is 76.8 Å². The molecule has 8 nitrogen and oxygen atoms in total. The van der Waals surface area contributed by atoms with Gasteiger partial charge in [0.1, 0.15) is 12.1 Å². The molecule has 0 radical (unpaired) electrons. The van der Waals surface area contributed by atoms with Crippen LogP contribution in [-0.4, -0.2) is 53.0 Å². The molecule has 244 valence electrons. The Morgan fingerprint density at radius 1 is 0.848 bits per heavy atom. The predicted octanol–water partition coefficient (Wildman–Crippen LogP) is 4.10. The smallest absolute Gasteiger partial charge is 0.245 e. The van der Waals surface area contributed by atoms with Crippen LogP contribution >= 0.6 is 11.8 Å². The fourth-order valence-corrected chi connectivity index (χ4v) is 6.29. The molecule has 4 rings (SSSR count). The maximum atomic E-state index is 13.9. The highest BCUT2D eigenvalue weighted by Crippen LogP contribution is 2.26. The van der Waals surface area contributed by atoms with Crippen molar-refractivity contribution < 1.29 is 14.4 Å². The first-order valence-electron chi connectivity index (χ1n) is 15.9. The molecule has 3 aromatic carbocycles. The number of rotatable bonds is 15. The summed E-state index contributed by atoms with van der Waals surface area (Å²) in [7, 11) is 0. The maximum absolute atomic E-state index is 13.9. The zero-order valence-electron chi connectivity index (χ0n) is 27.0. The Bertz CT molecular complexity index is 1460. The van der Waals surface area contributed by atoms with Gasteiger partial charge in [-0.2, -0.15) is 0 Å². The summed E-state index contributed by atoms with van der Waals surface area (Å²) in [5, 5.41) is 8.01. The highest BCUT2D eigenvalue weighted by molar-refractivity contribution is 8.01. The molecule has 6 N–H and O–H groups in total. The Labute approximate surface area is 277 Å². The van der Waals surface area contributed by atoms with Crippen LogP contribution < -0.4 is 22.1 Å². The molecule has 0 saturated carbocycles. The summed E-state index contributed by atoms with van der Waals surface area (Å²) in [6.45, 7) is 4.78. The van der Waals surface area contributed by atoms with Crippen LogP contribution in [0.15, 0.2) is 90.3 Å². The number of hydrogen-bond donors (Lipinski definition) is 4. The molecule has 0 aromatic heterocycles. The lowest BCUT2D eigenvalue weighted by atomic mass is 9.98. The first-order chi connectivity index (χ1) is 22.2. The van der Waals surface area contributed by atoms with Crippen LogP contribution in [-0.2, 0) is 46.7 Å². The van der Waals surface area contributed by atoms with E-state index < -0.39 is 12.1 Å². The molecule has 3 aromatic rings. The standard InChI is InChI=1S/C37H47N5O3S/c1-25(19-27-7-5-4-6-8-27)35(43)40-33(22-29-11-15-31(24-39)16-12-29)36(44)41-34-20-26(2)42(37(34)45)32(17-18-46-3)21-28-9-13-30(23-38)14-10-28/h4-18,25-26,32-34H,19-24,38-39H2,1-3H3,(H,40,43)(H,41,44)/b18-17+/t25-,26?,32+,33?,34-/m0/s1. The van der Waals surface area contributed by atoms with Crippen molar-refractivity contribution in [3.8, 4) is 0 Å². The van der Waals surface area contributed by atoms with Gasteiger partial charge in [0.15, 0.2) is 0 Å². The second-order valence-corrected chi connectivity index (χ2v) is 12.9. The van der Waals surface area contributed by atoms with Gasteiger partial charge in [0, 0.05) is 31.5 Å². The van der Waals surface area contributed by atoms with Gasteiger partial charge in [-0.3, -0.25) is 14.4 Å². The minimum Gasteiger partial charge on any atom is -0.344 e. The highest BCUT2D eigenvalue weighted by Gasteiger charge is 2.41. The number of thioether (sulfide) groups is 1. The lowest BCUT2D eigenvalue weighted by molar-refractivity contribution is -0.135. The Kier molecular flexibility index (Phi) is 13.0. The Hall–Kier alpha value is -3.92. The van der Waals surface area contributed by atoms with E-state index in [-0.39, 0.29) is 35.7 Å². The van der Waals surface area contributed by atoms with Crippen LogP contribution in [0.1, 0.15) is 48.1 Å². The quantitative estimate of drug-likeness (QED) is 0.198. The van der Waals surface area contributed by atoms with Gasteiger partial charge in [0.25, 0.3) is 0 Å². The zero-order valence-corrected chi connectivity index (χ0v) is 27.8. The van der Waals surface area contributed by atoms with Crippen molar-refractivity contribution in [3.63, 3.8) is 0 Å². The van der Waals surface area contributed by atoms with Gasteiger partial charge >= 0.3 is 0 Å². The van der Waals surface area contributed by atoms with Crippen LogP contribution in [0.25, 0.3) is 0 Å². The summed E-state index contributed by atoms with van der Waals surface area (Å²) in [4.78, 5) is 43.0. The highest BCUT2D eigenvalue weighted by atomic mass is 32.2. The molecule has 2 unspecified atom stereocenters. The van der Waals surface area contributed by atoms with Crippen molar-refractivity contribution in [2.75, 3.05) is 6.26 Å². The van der Waals surface area contributed by atoms with Crippen molar-refractivity contribution in [1.29, 1.82) is 0 Å². The van der Waals surface area contributed by atoms with E-state index >= 15 is 0 Å². The van der Waals surface area contributed by atoms with E-state index in [4.69, 9.17) is 11.5 Å². The SMILES string of the molecule is CS/C=C/[C@H](Cc1ccc(CN)cc1)N1C(=O)[C@@H](NC(=O)C(Cc2ccc(CN)cc2)NC(=O)[C@@H](C)Cc2ccccc2)CC1C. The van der Waals surface area contributed by atoms with Crippen LogP contribution in [0.3, 0.4) is 0 Å². The number of carbonyl (C=O) groups is 3. The van der Waals surface area contributed by atoms with Gasteiger partial charge in [-0.05, 0) is 65.7 Å². The molecule has 1 aliphatic heterocycles. The van der Waals surface area contributed by atoms with Crippen molar-refractivity contribution >= 4 is 29.5 Å². The molecule has 3 amide bonds. The third-order valence-corrected chi connectivity index (χ3v) is 9.01. The zero-order chi connectivity index (χ0) is 33.1. The number of likely N-dealkylation sites (tertiary alicyclic amines) is 1. The summed E-state index contributed by atoms with van der Waals surface area (Å²) < 4.78 is 0. The first kappa shape index (κ1) is 34.9. The Morgan fingerprint density at radius 3 is 1.96 bits per heavy atom. The van der Waals surface area contributed by atoms with Gasteiger partial charge in [-0.25, -0.2) is 0 Å². The van der Waals surface area contributed by atoms with Gasteiger partial charge in [-0.1, -0.05) is 91.9 Å². The molecule has 5 atom stereocenters. The second kappa shape index (κ2) is 17.1. The molecule has 0 spiro atoms. The Balaban J connectivity index is 1.49. The topological polar surface area (TPSA) is 131 Å². The fraction of sp³-hybridized carbons (Fsp3) is 0.378. The summed E-state index contributed by atoms with van der Waals surface area (Å²) in [5.41, 5.74) is 16.6. The summed E-state index contributed by atoms with van der Waals surface area (Å²) in [6.07, 6.45) is 6.02. The third kappa shape index (κ3) is 9.55. The summed E-state index contributed by atoms with van der Waals surface area (Å²) in [5.74, 6) is -1.05. The van der Waals surface area contributed by atoms with E-state index in [0.29, 0.717) is 38.8 Å². The summed E-state index contributed by atoms with van der Waals surface area (Å²) >= 11 is 1.58. The van der Waals surface area contributed by atoms with E-state index in [2.05, 4.69) is 28.8 Å². The van der Waals surface area contributed by atoms with Crippen LogP contribution in [0, 0.1) is 5.92 Å². The van der Waals surface area contributed by atoms with E-state index in [1.807, 2.05) is 97.1 Å². The lowest BCUT2D eigenvalue weighted by Gasteiger charge is -2.30. The molecule has 9 heteroatoms. The number of hydrogen-bond acceptors (Lipinski definition) is 6. The normalized spacial score (nSPS) is 18.4. The maximum Gasteiger partial charge on any atom is 0.245 e. The van der Waals surface area contributed by atoms with Gasteiger partial charge in [0.2, 0.25) is 17.7 Å². The summed E-state index contributed by atoms with van der Waals surface area (Å²) in [6, 6.07) is 23.9. The number of nitrogens with one attached hydrogen (secondary N) is 2. The Morgan fingerprint density at radius 2 is 1.39 bits per heavy atom. The largest absolute Gasteiger partial charge is 0.344 e. The monoisotopic (exact) mass is 641 g/mol. The van der Waals surface area contributed by atoms with Crippen molar-refractivity contribution in [3.05, 3.63) is 118 Å². The molecule has 1 heterocycles. The minimum absolute atomic E-state index is 0.0830. The molecule has 46 heavy (non-hydrogen) atoms. The number of nitrogens with two attached hydrogens (primary N) is 2. The fourth-order valence-electron chi connectivity index (χ4n) is 5.95. The lowest BCUT2D eigenvalue weighted by Crippen LogP contribution is -2.53. The molecule has 1 fully saturated rings.